The Morgan fingerprint density at radius 3 is 3.12 bits per heavy atom. The number of rotatable bonds is 2. The molecule has 0 spiro atoms. The van der Waals surface area contributed by atoms with E-state index in [4.69, 9.17) is 0 Å². The molecule has 0 aromatic carbocycles. The first-order valence-corrected chi connectivity index (χ1v) is 2.91. The smallest absolute Gasteiger partial charge is 0.0490 e. The van der Waals surface area contributed by atoms with E-state index in [9.17, 15) is 0 Å². The average Bonchev–Trinajstić information content (AvgIpc) is 2.19. The predicted octanol–water partition coefficient (Wildman–Crippen LogP) is 1.36. The highest BCUT2D eigenvalue weighted by Crippen LogP contribution is 1.94. The second kappa shape index (κ2) is 2.50. The quantitative estimate of drug-likeness (QED) is 0.611. The first kappa shape index (κ1) is 5.35. The molecule has 1 heterocycles. The van der Waals surface area contributed by atoms with Gasteiger partial charge in [-0.3, -0.25) is 5.10 Å². The molecule has 2 heteroatoms. The van der Waals surface area contributed by atoms with Crippen molar-refractivity contribution in [2.24, 2.45) is 0 Å². The number of aromatic nitrogens is 2. The fraction of sp³-hybridized carbons (Fsp3) is 0.500. The molecule has 1 rings (SSSR count). The van der Waals surface area contributed by atoms with Crippen molar-refractivity contribution in [3.8, 4) is 0 Å². The van der Waals surface area contributed by atoms with Gasteiger partial charge in [0.1, 0.15) is 0 Å². The second-order valence-electron chi connectivity index (χ2n) is 1.83. The van der Waals surface area contributed by atoms with Crippen LogP contribution in [0.2, 0.25) is 0 Å². The van der Waals surface area contributed by atoms with Crippen molar-refractivity contribution in [1.82, 2.24) is 10.2 Å². The highest BCUT2D eigenvalue weighted by Gasteiger charge is 1.86. The zero-order valence-corrected chi connectivity index (χ0v) is 5.02. The van der Waals surface area contributed by atoms with E-state index >= 15 is 0 Å². The number of nitrogens with zero attached hydrogens (tertiary/aromatic N) is 1. The van der Waals surface area contributed by atoms with Gasteiger partial charge in [-0.2, -0.15) is 5.10 Å². The van der Waals surface area contributed by atoms with Crippen molar-refractivity contribution in [2.75, 3.05) is 0 Å². The number of aromatic amines is 1. The third-order valence-corrected chi connectivity index (χ3v) is 1.08. The maximum atomic E-state index is 3.82. The van der Waals surface area contributed by atoms with Crippen LogP contribution in [0.4, 0.5) is 0 Å². The molecule has 0 unspecified atom stereocenters. The minimum atomic E-state index is 1.11. The Morgan fingerprint density at radius 1 is 1.75 bits per heavy atom. The van der Waals surface area contributed by atoms with Gasteiger partial charge in [-0.1, -0.05) is 13.3 Å². The van der Waals surface area contributed by atoms with Gasteiger partial charge < -0.3 is 0 Å². The summed E-state index contributed by atoms with van der Waals surface area (Å²) in [5.74, 6) is 0. The number of aryl methyl sites for hydroxylation is 1. The normalized spacial score (nSPS) is 9.62. The lowest BCUT2D eigenvalue weighted by Crippen LogP contribution is -1.80. The fourth-order valence-corrected chi connectivity index (χ4v) is 0.693. The Kier molecular flexibility index (Phi) is 1.67. The summed E-state index contributed by atoms with van der Waals surface area (Å²) in [6.07, 6.45) is 4.08. The van der Waals surface area contributed by atoms with E-state index in [-0.39, 0.29) is 0 Å². The Labute approximate surface area is 48.9 Å². The molecule has 0 aliphatic carbocycles. The van der Waals surface area contributed by atoms with Crippen LogP contribution in [-0.4, -0.2) is 10.2 Å². The Balaban J connectivity index is 2.50. The number of hydrogen-bond donors (Lipinski definition) is 1. The molecule has 2 nitrogen and oxygen atoms in total. The molecule has 0 atom stereocenters. The molecule has 0 radical (unpaired) electrons. The van der Waals surface area contributed by atoms with Crippen molar-refractivity contribution in [3.05, 3.63) is 18.0 Å². The summed E-state index contributed by atoms with van der Waals surface area (Å²) in [6.45, 7) is 2.15. The van der Waals surface area contributed by atoms with Gasteiger partial charge >= 0.3 is 0 Å². The van der Waals surface area contributed by atoms with Crippen LogP contribution in [-0.2, 0) is 6.42 Å². The first-order chi connectivity index (χ1) is 3.93. The van der Waals surface area contributed by atoms with Crippen molar-refractivity contribution in [2.45, 2.75) is 19.8 Å². The maximum absolute atomic E-state index is 3.82. The van der Waals surface area contributed by atoms with E-state index < -0.39 is 0 Å². The van der Waals surface area contributed by atoms with E-state index in [1.54, 1.807) is 6.20 Å². The molecule has 1 aromatic rings. The van der Waals surface area contributed by atoms with Crippen LogP contribution < -0.4 is 0 Å². The standard InChI is InChI=1S/C6H10N2/c1-2-3-6-4-5-7-8-6/h4-5H,2-3H2,1H3,(H,7,8). The molecular weight excluding hydrogens is 100 g/mol. The molecule has 0 amide bonds. The third-order valence-electron chi connectivity index (χ3n) is 1.08. The van der Waals surface area contributed by atoms with Crippen molar-refractivity contribution < 1.29 is 0 Å². The fourth-order valence-electron chi connectivity index (χ4n) is 0.693. The van der Waals surface area contributed by atoms with Crippen LogP contribution in [0, 0.1) is 0 Å². The largest absolute Gasteiger partial charge is 0.283 e. The summed E-state index contributed by atoms with van der Waals surface area (Å²) < 4.78 is 0. The maximum Gasteiger partial charge on any atom is 0.0490 e. The third kappa shape index (κ3) is 1.09. The summed E-state index contributed by atoms with van der Waals surface area (Å²) in [4.78, 5) is 0. The van der Waals surface area contributed by atoms with Crippen LogP contribution >= 0.6 is 0 Å². The van der Waals surface area contributed by atoms with E-state index in [0.29, 0.717) is 0 Å². The van der Waals surface area contributed by atoms with Gasteiger partial charge in [0.15, 0.2) is 0 Å². The molecule has 0 aliphatic rings. The van der Waals surface area contributed by atoms with Gasteiger partial charge in [0, 0.05) is 11.9 Å². The molecule has 1 N–H and O–H groups in total. The van der Waals surface area contributed by atoms with E-state index in [0.717, 1.165) is 6.42 Å². The van der Waals surface area contributed by atoms with Crippen LogP contribution in [0.15, 0.2) is 12.3 Å². The molecule has 44 valence electrons. The minimum absolute atomic E-state index is 1.11. The Morgan fingerprint density at radius 2 is 2.62 bits per heavy atom. The van der Waals surface area contributed by atoms with Crippen LogP contribution in [0.1, 0.15) is 19.0 Å². The summed E-state index contributed by atoms with van der Waals surface area (Å²) in [7, 11) is 0. The molecule has 0 saturated heterocycles. The Hall–Kier alpha value is -0.790. The SMILES string of the molecule is CCCc1ccn[nH]1. The number of hydrogen-bond acceptors (Lipinski definition) is 1. The van der Waals surface area contributed by atoms with Gasteiger partial charge in [0.25, 0.3) is 0 Å². The van der Waals surface area contributed by atoms with Gasteiger partial charge in [0.05, 0.1) is 0 Å². The van der Waals surface area contributed by atoms with Crippen molar-refractivity contribution in [1.29, 1.82) is 0 Å². The molecule has 0 aliphatic heterocycles. The monoisotopic (exact) mass is 110 g/mol. The molecule has 0 fully saturated rings. The molecule has 0 saturated carbocycles. The van der Waals surface area contributed by atoms with E-state index in [1.807, 2.05) is 6.07 Å². The molecule has 8 heavy (non-hydrogen) atoms. The zero-order valence-electron chi connectivity index (χ0n) is 5.02. The van der Waals surface area contributed by atoms with Crippen LogP contribution in [0.25, 0.3) is 0 Å². The highest BCUT2D eigenvalue weighted by atomic mass is 15.1. The predicted molar refractivity (Wildman–Crippen MR) is 32.6 cm³/mol. The van der Waals surface area contributed by atoms with Crippen LogP contribution in [0.3, 0.4) is 0 Å². The van der Waals surface area contributed by atoms with Gasteiger partial charge in [-0.05, 0) is 12.5 Å². The summed E-state index contributed by atoms with van der Waals surface area (Å²) >= 11 is 0. The molecule has 1 aromatic heterocycles. The Bertz CT molecular complexity index is 132. The lowest BCUT2D eigenvalue weighted by molar-refractivity contribution is 0.867. The second-order valence-corrected chi connectivity index (χ2v) is 1.83. The average molecular weight is 110 g/mol. The summed E-state index contributed by atoms with van der Waals surface area (Å²) in [5, 5.41) is 6.70. The number of H-pyrrole nitrogens is 1. The summed E-state index contributed by atoms with van der Waals surface area (Å²) in [6, 6.07) is 2.00. The molecular formula is C6H10N2. The van der Waals surface area contributed by atoms with E-state index in [2.05, 4.69) is 17.1 Å². The van der Waals surface area contributed by atoms with E-state index in [1.165, 1.54) is 12.1 Å². The minimum Gasteiger partial charge on any atom is -0.283 e. The first-order valence-electron chi connectivity index (χ1n) is 2.91. The highest BCUT2D eigenvalue weighted by molar-refractivity contribution is 4.96. The number of nitrogens with one attached hydrogen (secondary N) is 1. The van der Waals surface area contributed by atoms with Crippen molar-refractivity contribution in [3.63, 3.8) is 0 Å². The van der Waals surface area contributed by atoms with Gasteiger partial charge in [0.2, 0.25) is 0 Å². The lowest BCUT2D eigenvalue weighted by Gasteiger charge is -1.86. The lowest BCUT2D eigenvalue weighted by atomic mass is 10.3. The summed E-state index contributed by atoms with van der Waals surface area (Å²) in [5.41, 5.74) is 1.23. The van der Waals surface area contributed by atoms with Gasteiger partial charge in [-0.15, -0.1) is 0 Å². The van der Waals surface area contributed by atoms with Gasteiger partial charge in [-0.25, -0.2) is 0 Å². The van der Waals surface area contributed by atoms with Crippen LogP contribution in [0.5, 0.6) is 0 Å². The van der Waals surface area contributed by atoms with Crippen molar-refractivity contribution >= 4 is 0 Å². The topological polar surface area (TPSA) is 28.7 Å². The molecule has 0 bridgehead atoms. The zero-order chi connectivity index (χ0) is 5.82.